The van der Waals surface area contributed by atoms with Gasteiger partial charge < -0.3 is 9.80 Å². The smallest absolute Gasteiger partial charge is 0.0540 e. The number of nitrogens with zero attached hydrogens (tertiary/aromatic N) is 2. The lowest BCUT2D eigenvalue weighted by Gasteiger charge is -2.29. The zero-order chi connectivity index (χ0) is 40.9. The molecule has 0 saturated carbocycles. The number of thiophene rings is 1. The fourth-order valence-electron chi connectivity index (χ4n) is 9.12. The number of anilines is 6. The SMILES string of the molecule is C=C(Cc1ccc2c(ccc3c(N(c4ccc(N(c5ccccc5)c5ccc6ccccc6c5)cc4)c4ccc5sc6ccccc6c5c4)cccc32)c1C)c1ccccc1. The summed E-state index contributed by atoms with van der Waals surface area (Å²) in [6.45, 7) is 6.72. The van der Waals surface area contributed by atoms with Gasteiger partial charge in [0.1, 0.15) is 0 Å². The van der Waals surface area contributed by atoms with E-state index < -0.39 is 0 Å². The Kier molecular flexibility index (Phi) is 9.18. The molecule has 0 bridgehead atoms. The molecule has 0 fully saturated rings. The van der Waals surface area contributed by atoms with Crippen molar-refractivity contribution >= 4 is 104 Å². The zero-order valence-corrected chi connectivity index (χ0v) is 34.7. The van der Waals surface area contributed by atoms with Crippen LogP contribution in [0.25, 0.3) is 58.1 Å². The standard InChI is InChI=1S/C58H42N2S/c1-39(41-14-5-3-6-15-41)36-43-25-32-52-50(40(43)2)33-34-53-51(52)21-13-22-56(53)60(49-31-35-58-55(38-49)54-20-11-12-23-57(54)61-58)47-29-27-46(28-30-47)59(45-18-7-4-8-19-45)48-26-24-42-16-9-10-17-44(42)37-48/h3-35,37-38H,1,36H2,2H3. The predicted molar refractivity (Wildman–Crippen MR) is 265 cm³/mol. The molecule has 0 aliphatic rings. The molecule has 0 saturated heterocycles. The van der Waals surface area contributed by atoms with E-state index in [9.17, 15) is 0 Å². The summed E-state index contributed by atoms with van der Waals surface area (Å²) in [4.78, 5) is 4.79. The van der Waals surface area contributed by atoms with Gasteiger partial charge in [-0.2, -0.15) is 0 Å². The number of aryl methyl sites for hydroxylation is 1. The fraction of sp³-hybridized carbons (Fsp3) is 0.0345. The number of allylic oxidation sites excluding steroid dienone is 1. The largest absolute Gasteiger partial charge is 0.310 e. The first kappa shape index (κ1) is 36.6. The van der Waals surface area contributed by atoms with Crippen molar-refractivity contribution in [2.24, 2.45) is 0 Å². The lowest BCUT2D eigenvalue weighted by atomic mass is 9.91. The molecule has 1 aromatic heterocycles. The first-order chi connectivity index (χ1) is 30.1. The molecular weight excluding hydrogens is 757 g/mol. The van der Waals surface area contributed by atoms with Crippen molar-refractivity contribution in [3.63, 3.8) is 0 Å². The summed E-state index contributed by atoms with van der Waals surface area (Å²) in [5.41, 5.74) is 11.6. The number of rotatable bonds is 9. The molecule has 2 nitrogen and oxygen atoms in total. The Hall–Kier alpha value is -7.46. The highest BCUT2D eigenvalue weighted by atomic mass is 32.1. The molecule has 0 N–H and O–H groups in total. The number of para-hydroxylation sites is 1. The van der Waals surface area contributed by atoms with Crippen LogP contribution in [0, 0.1) is 6.92 Å². The van der Waals surface area contributed by atoms with Crippen LogP contribution in [-0.2, 0) is 6.42 Å². The molecular formula is C58H42N2S. The topological polar surface area (TPSA) is 6.48 Å². The van der Waals surface area contributed by atoms with Gasteiger partial charge in [-0.1, -0.05) is 140 Å². The van der Waals surface area contributed by atoms with Crippen molar-refractivity contribution in [1.29, 1.82) is 0 Å². The molecule has 0 amide bonds. The van der Waals surface area contributed by atoms with Gasteiger partial charge in [0.2, 0.25) is 0 Å². The zero-order valence-electron chi connectivity index (χ0n) is 33.9. The van der Waals surface area contributed by atoms with Gasteiger partial charge in [0.15, 0.2) is 0 Å². The van der Waals surface area contributed by atoms with E-state index >= 15 is 0 Å². The van der Waals surface area contributed by atoms with Crippen molar-refractivity contribution in [3.05, 3.63) is 236 Å². The molecule has 0 spiro atoms. The molecule has 10 aromatic carbocycles. The van der Waals surface area contributed by atoms with E-state index in [1.54, 1.807) is 0 Å². The molecule has 1 heterocycles. The highest BCUT2D eigenvalue weighted by molar-refractivity contribution is 7.25. The van der Waals surface area contributed by atoms with Gasteiger partial charge in [-0.05, 0) is 141 Å². The van der Waals surface area contributed by atoms with Gasteiger partial charge >= 0.3 is 0 Å². The summed E-state index contributed by atoms with van der Waals surface area (Å²) >= 11 is 1.85. The second kappa shape index (κ2) is 15.3. The van der Waals surface area contributed by atoms with Crippen LogP contribution in [0.1, 0.15) is 16.7 Å². The maximum absolute atomic E-state index is 4.46. The molecule has 3 heteroatoms. The van der Waals surface area contributed by atoms with Crippen LogP contribution >= 0.6 is 11.3 Å². The lowest BCUT2D eigenvalue weighted by molar-refractivity contribution is 1.25. The Morgan fingerprint density at radius 1 is 0.410 bits per heavy atom. The predicted octanol–water partition coefficient (Wildman–Crippen LogP) is 17.0. The summed E-state index contributed by atoms with van der Waals surface area (Å²) < 4.78 is 2.60. The van der Waals surface area contributed by atoms with E-state index in [1.165, 1.54) is 69.2 Å². The van der Waals surface area contributed by atoms with Gasteiger partial charge in [-0.25, -0.2) is 0 Å². The maximum Gasteiger partial charge on any atom is 0.0540 e. The van der Waals surface area contributed by atoms with Crippen molar-refractivity contribution in [3.8, 4) is 0 Å². The van der Waals surface area contributed by atoms with Crippen LogP contribution in [0.5, 0.6) is 0 Å². The molecule has 0 radical (unpaired) electrons. The van der Waals surface area contributed by atoms with Gasteiger partial charge in [0.25, 0.3) is 0 Å². The third kappa shape index (κ3) is 6.61. The Bertz CT molecular complexity index is 3420. The van der Waals surface area contributed by atoms with Crippen LogP contribution in [0.4, 0.5) is 34.1 Å². The van der Waals surface area contributed by atoms with E-state index in [2.05, 4.69) is 236 Å². The second-order valence-electron chi connectivity index (χ2n) is 15.9. The van der Waals surface area contributed by atoms with Crippen LogP contribution < -0.4 is 9.80 Å². The number of hydrogen-bond acceptors (Lipinski definition) is 3. The molecule has 0 aliphatic carbocycles. The van der Waals surface area contributed by atoms with Gasteiger partial charge in [0.05, 0.1) is 5.69 Å². The van der Waals surface area contributed by atoms with Gasteiger partial charge in [-0.3, -0.25) is 0 Å². The lowest BCUT2D eigenvalue weighted by Crippen LogP contribution is -2.12. The van der Waals surface area contributed by atoms with Crippen LogP contribution in [-0.4, -0.2) is 0 Å². The van der Waals surface area contributed by atoms with E-state index in [4.69, 9.17) is 0 Å². The summed E-state index contributed by atoms with van der Waals surface area (Å²) in [6, 6.07) is 77.3. The van der Waals surface area contributed by atoms with E-state index in [0.717, 1.165) is 46.1 Å². The molecule has 0 atom stereocenters. The Morgan fingerprint density at radius 2 is 0.984 bits per heavy atom. The van der Waals surface area contributed by atoms with Crippen LogP contribution in [0.3, 0.4) is 0 Å². The molecule has 290 valence electrons. The second-order valence-corrected chi connectivity index (χ2v) is 16.9. The quantitative estimate of drug-likeness (QED) is 0.134. The third-order valence-corrected chi connectivity index (χ3v) is 13.4. The van der Waals surface area contributed by atoms with Crippen molar-refractivity contribution in [2.45, 2.75) is 13.3 Å². The summed E-state index contributed by atoms with van der Waals surface area (Å²) in [6.07, 6.45) is 0.815. The average Bonchev–Trinajstić information content (AvgIpc) is 3.69. The average molecular weight is 799 g/mol. The fourth-order valence-corrected chi connectivity index (χ4v) is 10.2. The summed E-state index contributed by atoms with van der Waals surface area (Å²) in [7, 11) is 0. The van der Waals surface area contributed by atoms with E-state index in [0.29, 0.717) is 0 Å². The maximum atomic E-state index is 4.46. The van der Waals surface area contributed by atoms with Crippen molar-refractivity contribution in [1.82, 2.24) is 0 Å². The molecule has 0 unspecified atom stereocenters. The van der Waals surface area contributed by atoms with Crippen LogP contribution in [0.2, 0.25) is 0 Å². The monoisotopic (exact) mass is 798 g/mol. The number of fused-ring (bicyclic) bond motifs is 7. The molecule has 11 rings (SSSR count). The minimum Gasteiger partial charge on any atom is -0.310 e. The highest BCUT2D eigenvalue weighted by Gasteiger charge is 2.20. The molecule has 11 aromatic rings. The van der Waals surface area contributed by atoms with Gasteiger partial charge in [0, 0.05) is 54.0 Å². The third-order valence-electron chi connectivity index (χ3n) is 12.2. The number of hydrogen-bond donors (Lipinski definition) is 0. The summed E-state index contributed by atoms with van der Waals surface area (Å²) in [5, 5.41) is 9.99. The highest BCUT2D eigenvalue weighted by Crippen LogP contribution is 2.45. The first-order valence-corrected chi connectivity index (χ1v) is 21.7. The molecule has 61 heavy (non-hydrogen) atoms. The Labute approximate surface area is 360 Å². The van der Waals surface area contributed by atoms with Crippen molar-refractivity contribution < 1.29 is 0 Å². The first-order valence-electron chi connectivity index (χ1n) is 20.9. The van der Waals surface area contributed by atoms with Crippen molar-refractivity contribution in [2.75, 3.05) is 9.80 Å². The normalized spacial score (nSPS) is 11.5. The minimum atomic E-state index is 0.815. The minimum absolute atomic E-state index is 0.815. The van der Waals surface area contributed by atoms with E-state index in [-0.39, 0.29) is 0 Å². The Morgan fingerprint density at radius 3 is 1.80 bits per heavy atom. The Balaban J connectivity index is 1.05. The molecule has 0 aliphatic heterocycles. The summed E-state index contributed by atoms with van der Waals surface area (Å²) in [5.74, 6) is 0. The number of benzene rings is 10. The van der Waals surface area contributed by atoms with E-state index in [1.807, 2.05) is 11.3 Å². The van der Waals surface area contributed by atoms with Gasteiger partial charge in [-0.15, -0.1) is 11.3 Å². The van der Waals surface area contributed by atoms with Crippen LogP contribution in [0.15, 0.2) is 219 Å².